The summed E-state index contributed by atoms with van der Waals surface area (Å²) in [4.78, 5) is 28.0. The Morgan fingerprint density at radius 2 is 1.86 bits per heavy atom. The molecule has 11 heteroatoms. The van der Waals surface area contributed by atoms with Crippen LogP contribution in [0.1, 0.15) is 49.8 Å². The number of nitrogens with one attached hydrogen (secondary N) is 1. The summed E-state index contributed by atoms with van der Waals surface area (Å²) < 4.78 is 42.8. The smallest absolute Gasteiger partial charge is 0.282 e. The predicted molar refractivity (Wildman–Crippen MR) is 126 cm³/mol. The molecule has 3 aliphatic rings. The number of halogens is 1. The van der Waals surface area contributed by atoms with E-state index in [4.69, 9.17) is 5.26 Å². The van der Waals surface area contributed by atoms with Gasteiger partial charge in [-0.05, 0) is 51.2 Å². The Hall–Kier alpha value is -2.55. The minimum absolute atomic E-state index is 0.0741. The van der Waals surface area contributed by atoms with Crippen LogP contribution in [0.4, 0.5) is 4.39 Å². The van der Waals surface area contributed by atoms with Crippen LogP contribution in [0.2, 0.25) is 0 Å². The molecule has 9 nitrogen and oxygen atoms in total. The molecule has 3 fully saturated rings. The highest BCUT2D eigenvalue weighted by atomic mass is 32.2. The number of benzene rings is 1. The lowest BCUT2D eigenvalue weighted by atomic mass is 9.97. The van der Waals surface area contributed by atoms with E-state index in [1.165, 1.54) is 14.7 Å². The van der Waals surface area contributed by atoms with E-state index in [-0.39, 0.29) is 43.2 Å². The standard InChI is InChI=1S/C24H32FN5O4S/c1-16-7-8-20(21(25)11-16)17(2)27-23(31)22-6-4-10-30(22)24(32)19-5-3-9-28(15-19)35(33,34)29-13-18(12-26)14-29/h7-8,11,17-19,22H,3-6,9-10,13-15H2,1-2H3,(H,27,31)/t17-,19+,22-/m1/s1. The van der Waals surface area contributed by atoms with Crippen molar-refractivity contribution in [1.29, 1.82) is 5.26 Å². The van der Waals surface area contributed by atoms with Gasteiger partial charge in [0, 0.05) is 38.3 Å². The molecule has 2 amide bonds. The van der Waals surface area contributed by atoms with Crippen LogP contribution in [0.3, 0.4) is 0 Å². The summed E-state index contributed by atoms with van der Waals surface area (Å²) in [5.41, 5.74) is 1.18. The lowest BCUT2D eigenvalue weighted by Gasteiger charge is -2.41. The summed E-state index contributed by atoms with van der Waals surface area (Å²) in [6.07, 6.45) is 2.30. The quantitative estimate of drug-likeness (QED) is 0.632. The molecule has 3 heterocycles. The van der Waals surface area contributed by atoms with E-state index in [1.54, 1.807) is 30.9 Å². The number of rotatable bonds is 6. The third kappa shape index (κ3) is 5.20. The average molecular weight is 506 g/mol. The Morgan fingerprint density at radius 1 is 1.14 bits per heavy atom. The van der Waals surface area contributed by atoms with Gasteiger partial charge >= 0.3 is 0 Å². The Labute approximate surface area is 206 Å². The Kier molecular flexibility index (Phi) is 7.45. The molecule has 0 aliphatic carbocycles. The van der Waals surface area contributed by atoms with Crippen molar-refractivity contribution >= 4 is 22.0 Å². The second-order valence-corrected chi connectivity index (χ2v) is 11.7. The molecular weight excluding hydrogens is 473 g/mol. The van der Waals surface area contributed by atoms with Crippen molar-refractivity contribution in [2.75, 3.05) is 32.7 Å². The van der Waals surface area contributed by atoms with Crippen LogP contribution < -0.4 is 5.32 Å². The highest BCUT2D eigenvalue weighted by Crippen LogP contribution is 2.29. The zero-order valence-electron chi connectivity index (χ0n) is 20.1. The Morgan fingerprint density at radius 3 is 2.54 bits per heavy atom. The molecular formula is C24H32FN5O4S. The molecule has 190 valence electrons. The van der Waals surface area contributed by atoms with Gasteiger partial charge < -0.3 is 10.2 Å². The maximum Gasteiger partial charge on any atom is 0.282 e. The second kappa shape index (κ2) is 10.2. The average Bonchev–Trinajstić information content (AvgIpc) is 3.28. The normalized spacial score (nSPS) is 25.0. The largest absolute Gasteiger partial charge is 0.348 e. The van der Waals surface area contributed by atoms with Crippen molar-refractivity contribution in [3.63, 3.8) is 0 Å². The summed E-state index contributed by atoms with van der Waals surface area (Å²) >= 11 is 0. The van der Waals surface area contributed by atoms with Crippen molar-refractivity contribution in [2.45, 2.75) is 51.6 Å². The van der Waals surface area contributed by atoms with Gasteiger partial charge in [-0.25, -0.2) is 4.39 Å². The zero-order chi connectivity index (χ0) is 25.3. The van der Waals surface area contributed by atoms with Crippen molar-refractivity contribution in [3.05, 3.63) is 35.1 Å². The molecule has 3 saturated heterocycles. The molecule has 3 aliphatic heterocycles. The summed E-state index contributed by atoms with van der Waals surface area (Å²) in [5.74, 6) is -1.73. The van der Waals surface area contributed by atoms with Crippen molar-refractivity contribution in [2.24, 2.45) is 11.8 Å². The van der Waals surface area contributed by atoms with Crippen LogP contribution in [-0.4, -0.2) is 72.5 Å². The molecule has 0 spiro atoms. The maximum absolute atomic E-state index is 14.3. The van der Waals surface area contributed by atoms with E-state index >= 15 is 0 Å². The third-order valence-electron chi connectivity index (χ3n) is 7.24. The predicted octanol–water partition coefficient (Wildman–Crippen LogP) is 1.71. The third-order valence-corrected chi connectivity index (χ3v) is 9.17. The molecule has 35 heavy (non-hydrogen) atoms. The fourth-order valence-corrected chi connectivity index (χ4v) is 6.92. The number of nitriles is 1. The monoisotopic (exact) mass is 505 g/mol. The van der Waals surface area contributed by atoms with E-state index in [0.717, 1.165) is 5.56 Å². The number of piperidine rings is 1. The molecule has 0 saturated carbocycles. The van der Waals surface area contributed by atoms with Crippen molar-refractivity contribution in [3.8, 4) is 6.07 Å². The number of likely N-dealkylation sites (tertiary alicyclic amines) is 1. The van der Waals surface area contributed by atoms with E-state index < -0.39 is 28.2 Å². The summed E-state index contributed by atoms with van der Waals surface area (Å²) in [6, 6.07) is 5.73. The van der Waals surface area contributed by atoms with Crippen LogP contribution in [-0.2, 0) is 19.8 Å². The van der Waals surface area contributed by atoms with Crippen LogP contribution in [0.25, 0.3) is 0 Å². The van der Waals surface area contributed by atoms with Gasteiger partial charge in [0.05, 0.1) is 23.9 Å². The van der Waals surface area contributed by atoms with E-state index in [0.29, 0.717) is 44.3 Å². The zero-order valence-corrected chi connectivity index (χ0v) is 20.9. The van der Waals surface area contributed by atoms with Crippen LogP contribution in [0, 0.1) is 35.9 Å². The number of hydrogen-bond acceptors (Lipinski definition) is 5. The summed E-state index contributed by atoms with van der Waals surface area (Å²) in [5, 5.41) is 11.8. The number of nitrogens with zero attached hydrogens (tertiary/aromatic N) is 4. The molecule has 1 aromatic rings. The van der Waals surface area contributed by atoms with Gasteiger partial charge in [-0.1, -0.05) is 12.1 Å². The minimum atomic E-state index is -3.71. The highest BCUT2D eigenvalue weighted by Gasteiger charge is 2.44. The van der Waals surface area contributed by atoms with Gasteiger partial charge in [0.1, 0.15) is 11.9 Å². The van der Waals surface area contributed by atoms with Crippen LogP contribution >= 0.6 is 0 Å². The minimum Gasteiger partial charge on any atom is -0.348 e. The fourth-order valence-electron chi connectivity index (χ4n) is 5.13. The van der Waals surface area contributed by atoms with E-state index in [1.807, 2.05) is 0 Å². The van der Waals surface area contributed by atoms with Gasteiger partial charge in [0.25, 0.3) is 10.2 Å². The van der Waals surface area contributed by atoms with Gasteiger partial charge in [-0.3, -0.25) is 9.59 Å². The summed E-state index contributed by atoms with van der Waals surface area (Å²) in [6.45, 7) is 4.72. The Balaban J connectivity index is 1.39. The second-order valence-electron chi connectivity index (χ2n) is 9.79. The van der Waals surface area contributed by atoms with E-state index in [9.17, 15) is 22.4 Å². The first-order valence-electron chi connectivity index (χ1n) is 12.1. The molecule has 4 rings (SSSR count). The van der Waals surface area contributed by atoms with Gasteiger partial charge in [-0.15, -0.1) is 0 Å². The Bertz CT molecular complexity index is 1130. The molecule has 1 aromatic carbocycles. The SMILES string of the molecule is Cc1ccc([C@@H](C)NC(=O)[C@H]2CCCN2C(=O)[C@H]2CCCN(S(=O)(=O)N3CC(C#N)C3)C2)c(F)c1. The van der Waals surface area contributed by atoms with Crippen LogP contribution in [0.5, 0.6) is 0 Å². The molecule has 3 atom stereocenters. The molecule has 0 aromatic heterocycles. The molecule has 0 unspecified atom stereocenters. The maximum atomic E-state index is 14.3. The van der Waals surface area contributed by atoms with Gasteiger partial charge in [0.15, 0.2) is 0 Å². The highest BCUT2D eigenvalue weighted by molar-refractivity contribution is 7.86. The number of carbonyl (C=O) groups is 2. The van der Waals surface area contributed by atoms with Gasteiger partial charge in [-0.2, -0.15) is 22.3 Å². The molecule has 0 radical (unpaired) electrons. The lowest BCUT2D eigenvalue weighted by Crippen LogP contribution is -2.57. The summed E-state index contributed by atoms with van der Waals surface area (Å²) in [7, 11) is -3.71. The number of carbonyl (C=O) groups excluding carboxylic acids is 2. The molecule has 1 N–H and O–H groups in total. The fraction of sp³-hybridized carbons (Fsp3) is 0.625. The first-order chi connectivity index (χ1) is 16.6. The topological polar surface area (TPSA) is 114 Å². The first kappa shape index (κ1) is 25.5. The number of hydrogen-bond donors (Lipinski definition) is 1. The molecule has 0 bridgehead atoms. The van der Waals surface area contributed by atoms with Crippen molar-refractivity contribution < 1.29 is 22.4 Å². The lowest BCUT2D eigenvalue weighted by molar-refractivity contribution is -0.142. The number of aryl methyl sites for hydroxylation is 1. The van der Waals surface area contributed by atoms with E-state index in [2.05, 4.69) is 11.4 Å². The first-order valence-corrected chi connectivity index (χ1v) is 13.5. The van der Waals surface area contributed by atoms with Gasteiger partial charge in [0.2, 0.25) is 11.8 Å². The van der Waals surface area contributed by atoms with Crippen molar-refractivity contribution in [1.82, 2.24) is 18.8 Å². The van der Waals surface area contributed by atoms with Crippen LogP contribution in [0.15, 0.2) is 18.2 Å². The number of amides is 2.